The van der Waals surface area contributed by atoms with Gasteiger partial charge in [0.25, 0.3) is 5.91 Å². The summed E-state index contributed by atoms with van der Waals surface area (Å²) in [7, 11) is 0. The summed E-state index contributed by atoms with van der Waals surface area (Å²) in [5.74, 6) is -0.457. The molecular weight excluding hydrogens is 474 g/mol. The van der Waals surface area contributed by atoms with Crippen LogP contribution in [0.15, 0.2) is 55.1 Å². The van der Waals surface area contributed by atoms with Gasteiger partial charge in [0.15, 0.2) is 5.82 Å². The first-order valence-electron chi connectivity index (χ1n) is 10.8. The average Bonchev–Trinajstić information content (AvgIpc) is 3.65. The summed E-state index contributed by atoms with van der Waals surface area (Å²) in [4.78, 5) is 27.3. The Morgan fingerprint density at radius 3 is 2.14 bits per heavy atom. The van der Waals surface area contributed by atoms with E-state index >= 15 is 0 Å². The molecule has 0 N–H and O–H groups in total. The molecule has 1 aliphatic rings. The molecule has 11 heteroatoms. The number of halogens is 6. The lowest BCUT2D eigenvalue weighted by Crippen LogP contribution is -2.36. The summed E-state index contributed by atoms with van der Waals surface area (Å²) in [6.45, 7) is 1.84. The van der Waals surface area contributed by atoms with Crippen molar-refractivity contribution in [3.8, 4) is 11.4 Å². The molecule has 5 nitrogen and oxygen atoms in total. The zero-order valence-corrected chi connectivity index (χ0v) is 18.4. The van der Waals surface area contributed by atoms with Gasteiger partial charge in [0.05, 0.1) is 17.2 Å². The highest BCUT2D eigenvalue weighted by atomic mass is 19.4. The SMILES string of the molecule is CC(c1cnccc1-c1ncccn1)N(CC1CC1)C(=O)c1cc(C(F)(F)F)cc(C(F)(F)F)c1. The van der Waals surface area contributed by atoms with Crippen LogP contribution in [0.25, 0.3) is 11.4 Å². The summed E-state index contributed by atoms with van der Waals surface area (Å²) in [5, 5.41) is 0. The molecule has 1 aliphatic carbocycles. The van der Waals surface area contributed by atoms with E-state index in [0.29, 0.717) is 29.1 Å². The molecule has 0 spiro atoms. The van der Waals surface area contributed by atoms with Gasteiger partial charge < -0.3 is 4.90 Å². The molecule has 2 aromatic heterocycles. The van der Waals surface area contributed by atoms with E-state index in [1.165, 1.54) is 29.7 Å². The summed E-state index contributed by atoms with van der Waals surface area (Å²) < 4.78 is 80.2. The maximum atomic E-state index is 13.5. The van der Waals surface area contributed by atoms with Crippen LogP contribution >= 0.6 is 0 Å². The molecule has 4 rings (SSSR count). The van der Waals surface area contributed by atoms with Gasteiger partial charge in [-0.2, -0.15) is 26.3 Å². The number of hydrogen-bond acceptors (Lipinski definition) is 4. The maximum absolute atomic E-state index is 13.5. The number of carbonyl (C=O) groups is 1. The van der Waals surface area contributed by atoms with Gasteiger partial charge in [0.2, 0.25) is 0 Å². The number of amides is 1. The summed E-state index contributed by atoms with van der Waals surface area (Å²) in [6.07, 6.45) is -2.40. The lowest BCUT2D eigenvalue weighted by atomic mass is 9.99. The van der Waals surface area contributed by atoms with Gasteiger partial charge in [-0.05, 0) is 56.0 Å². The average molecular weight is 494 g/mol. The van der Waals surface area contributed by atoms with Gasteiger partial charge in [-0.25, -0.2) is 9.97 Å². The molecule has 0 radical (unpaired) electrons. The molecule has 1 amide bonds. The van der Waals surface area contributed by atoms with E-state index in [0.717, 1.165) is 12.8 Å². The third-order valence-electron chi connectivity index (χ3n) is 5.82. The fraction of sp³-hybridized carbons (Fsp3) is 0.333. The molecule has 35 heavy (non-hydrogen) atoms. The van der Waals surface area contributed by atoms with Crippen LogP contribution in [0.4, 0.5) is 26.3 Å². The van der Waals surface area contributed by atoms with Crippen LogP contribution in [0.2, 0.25) is 0 Å². The quantitative estimate of drug-likeness (QED) is 0.384. The van der Waals surface area contributed by atoms with E-state index in [1.54, 1.807) is 19.1 Å². The second kappa shape index (κ2) is 9.27. The van der Waals surface area contributed by atoms with Crippen LogP contribution < -0.4 is 0 Å². The van der Waals surface area contributed by atoms with Crippen LogP contribution in [0.5, 0.6) is 0 Å². The second-order valence-corrected chi connectivity index (χ2v) is 8.41. The van der Waals surface area contributed by atoms with Gasteiger partial charge in [0, 0.05) is 48.0 Å². The Bertz CT molecular complexity index is 1180. The standard InChI is InChI=1S/C24H20F6N4O/c1-14(20-12-31-8-5-19(20)21-32-6-2-7-33-21)34(13-15-3-4-15)22(35)16-9-17(23(25,26)27)11-18(10-16)24(28,29)30/h2,5-12,14-15H,3-4,13H2,1H3. The Kier molecular flexibility index (Phi) is 6.52. The lowest BCUT2D eigenvalue weighted by Gasteiger charge is -2.31. The number of nitrogens with zero attached hydrogens (tertiary/aromatic N) is 4. The van der Waals surface area contributed by atoms with Crippen molar-refractivity contribution < 1.29 is 31.1 Å². The highest BCUT2D eigenvalue weighted by Gasteiger charge is 2.39. The molecule has 1 unspecified atom stereocenters. The molecule has 1 atom stereocenters. The van der Waals surface area contributed by atoms with Crippen molar-refractivity contribution in [2.45, 2.75) is 38.2 Å². The highest BCUT2D eigenvalue weighted by molar-refractivity contribution is 5.95. The second-order valence-electron chi connectivity index (χ2n) is 8.41. The van der Waals surface area contributed by atoms with Gasteiger partial charge in [0.1, 0.15) is 0 Å². The minimum atomic E-state index is -5.05. The molecule has 184 valence electrons. The van der Waals surface area contributed by atoms with Crippen molar-refractivity contribution in [2.75, 3.05) is 6.54 Å². The van der Waals surface area contributed by atoms with Crippen molar-refractivity contribution in [1.29, 1.82) is 0 Å². The Labute approximate surface area is 196 Å². The number of carbonyl (C=O) groups excluding carboxylic acids is 1. The fourth-order valence-corrected chi connectivity index (χ4v) is 3.79. The zero-order valence-electron chi connectivity index (χ0n) is 18.4. The monoisotopic (exact) mass is 494 g/mol. The maximum Gasteiger partial charge on any atom is 0.416 e. The van der Waals surface area contributed by atoms with E-state index in [9.17, 15) is 31.1 Å². The number of rotatable bonds is 6. The third kappa shape index (κ3) is 5.60. The van der Waals surface area contributed by atoms with Gasteiger partial charge >= 0.3 is 12.4 Å². The first-order valence-corrected chi connectivity index (χ1v) is 10.8. The van der Waals surface area contributed by atoms with Crippen LogP contribution in [-0.4, -0.2) is 32.3 Å². The smallest absolute Gasteiger partial charge is 0.332 e. The Hall–Kier alpha value is -3.50. The summed E-state index contributed by atoms with van der Waals surface area (Å²) >= 11 is 0. The zero-order chi connectivity index (χ0) is 25.4. The molecular formula is C24H20F6N4O. The first kappa shape index (κ1) is 24.6. The lowest BCUT2D eigenvalue weighted by molar-refractivity contribution is -0.143. The van der Waals surface area contributed by atoms with Crippen molar-refractivity contribution in [2.24, 2.45) is 5.92 Å². The minimum Gasteiger partial charge on any atom is -0.332 e. The van der Waals surface area contributed by atoms with Crippen LogP contribution in [0.1, 0.15) is 52.9 Å². The molecule has 0 bridgehead atoms. The Balaban J connectivity index is 1.77. The van der Waals surface area contributed by atoms with Crippen LogP contribution in [-0.2, 0) is 12.4 Å². The van der Waals surface area contributed by atoms with Crippen LogP contribution in [0, 0.1) is 5.92 Å². The van der Waals surface area contributed by atoms with Crippen molar-refractivity contribution in [3.05, 3.63) is 77.4 Å². The van der Waals surface area contributed by atoms with E-state index in [-0.39, 0.29) is 18.5 Å². The van der Waals surface area contributed by atoms with Gasteiger partial charge in [-0.15, -0.1) is 0 Å². The Morgan fingerprint density at radius 2 is 1.60 bits per heavy atom. The highest BCUT2D eigenvalue weighted by Crippen LogP contribution is 2.39. The molecule has 0 aliphatic heterocycles. The molecule has 3 aromatic rings. The number of alkyl halides is 6. The predicted octanol–water partition coefficient (Wildman–Crippen LogP) is 6.19. The normalized spacial score (nSPS) is 15.1. The minimum absolute atomic E-state index is 0.0113. The van der Waals surface area contributed by atoms with E-state index in [2.05, 4.69) is 15.0 Å². The van der Waals surface area contributed by atoms with Crippen molar-refractivity contribution >= 4 is 5.91 Å². The molecule has 1 aromatic carbocycles. The number of pyridine rings is 1. The molecule has 1 fully saturated rings. The van der Waals surface area contributed by atoms with Crippen molar-refractivity contribution in [1.82, 2.24) is 19.9 Å². The topological polar surface area (TPSA) is 59.0 Å². The molecule has 1 saturated carbocycles. The molecule has 0 saturated heterocycles. The molecule has 2 heterocycles. The van der Waals surface area contributed by atoms with E-state index in [4.69, 9.17) is 0 Å². The predicted molar refractivity (Wildman–Crippen MR) is 114 cm³/mol. The number of aromatic nitrogens is 3. The fourth-order valence-electron chi connectivity index (χ4n) is 3.79. The summed E-state index contributed by atoms with van der Waals surface area (Å²) in [6, 6.07) is 3.50. The largest absolute Gasteiger partial charge is 0.416 e. The Morgan fingerprint density at radius 1 is 1.00 bits per heavy atom. The van der Waals surface area contributed by atoms with Gasteiger partial charge in [-0.3, -0.25) is 9.78 Å². The summed E-state index contributed by atoms with van der Waals surface area (Å²) in [5.41, 5.74) is -2.66. The van der Waals surface area contributed by atoms with Crippen LogP contribution in [0.3, 0.4) is 0 Å². The van der Waals surface area contributed by atoms with Crippen molar-refractivity contribution in [3.63, 3.8) is 0 Å². The van der Waals surface area contributed by atoms with E-state index in [1.807, 2.05) is 0 Å². The third-order valence-corrected chi connectivity index (χ3v) is 5.82. The van der Waals surface area contributed by atoms with E-state index < -0.39 is 41.0 Å². The number of benzene rings is 1. The first-order chi connectivity index (χ1) is 16.4. The van der Waals surface area contributed by atoms with Gasteiger partial charge in [-0.1, -0.05) is 0 Å². The number of hydrogen-bond donors (Lipinski definition) is 0.